The summed E-state index contributed by atoms with van der Waals surface area (Å²) in [6.07, 6.45) is 0. The van der Waals surface area contributed by atoms with Crippen molar-refractivity contribution in [3.63, 3.8) is 0 Å². The van der Waals surface area contributed by atoms with Gasteiger partial charge in [0.1, 0.15) is 5.52 Å². The van der Waals surface area contributed by atoms with E-state index >= 15 is 0 Å². The van der Waals surface area contributed by atoms with Crippen molar-refractivity contribution < 1.29 is 9.21 Å². The number of hydrogen-bond acceptors (Lipinski definition) is 3. The van der Waals surface area contributed by atoms with Gasteiger partial charge in [-0.25, -0.2) is 4.98 Å². The van der Waals surface area contributed by atoms with Crippen LogP contribution in [0.4, 0.5) is 0 Å². The minimum absolute atomic E-state index is 0.110. The zero-order valence-corrected chi connectivity index (χ0v) is 12.0. The maximum atomic E-state index is 12.2. The van der Waals surface area contributed by atoms with Crippen LogP contribution in [0.25, 0.3) is 11.1 Å². The maximum absolute atomic E-state index is 12.2. The summed E-state index contributed by atoms with van der Waals surface area (Å²) in [7, 11) is 0. The van der Waals surface area contributed by atoms with E-state index in [0.717, 1.165) is 5.56 Å². The Hall–Kier alpha value is -2.62. The molecule has 1 N–H and O–H groups in total. The molecule has 0 fully saturated rings. The number of amides is 1. The molecule has 1 heterocycles. The molecule has 4 nitrogen and oxygen atoms in total. The molecule has 106 valence electrons. The Bertz CT molecular complexity index is 805. The number of rotatable bonds is 3. The molecular formula is C17H16N2O2. The predicted octanol–water partition coefficient (Wildman–Crippen LogP) is 3.37. The highest BCUT2D eigenvalue weighted by Gasteiger charge is 2.09. The lowest BCUT2D eigenvalue weighted by Gasteiger charge is -2.07. The smallest absolute Gasteiger partial charge is 0.251 e. The first-order chi connectivity index (χ1) is 10.1. The zero-order chi connectivity index (χ0) is 14.8. The third-order valence-electron chi connectivity index (χ3n) is 3.46. The number of carbonyl (C=O) groups excluding carboxylic acids is 1. The normalized spacial score (nSPS) is 10.8. The van der Waals surface area contributed by atoms with Crippen LogP contribution in [0.15, 0.2) is 46.9 Å². The Kier molecular flexibility index (Phi) is 3.44. The standard InChI is InChI=1S/C17H16N2O2/c1-11-5-3-4-6-14(11)10-18-17(20)13-7-8-16-15(9-13)19-12(2)21-16/h3-9H,10H2,1-2H3,(H,18,20). The molecule has 0 unspecified atom stereocenters. The number of hydrogen-bond donors (Lipinski definition) is 1. The van der Waals surface area contributed by atoms with Crippen LogP contribution in [-0.4, -0.2) is 10.9 Å². The summed E-state index contributed by atoms with van der Waals surface area (Å²) in [4.78, 5) is 16.5. The average Bonchev–Trinajstić information content (AvgIpc) is 2.85. The molecule has 0 radical (unpaired) electrons. The van der Waals surface area contributed by atoms with Gasteiger partial charge in [-0.1, -0.05) is 24.3 Å². The molecule has 3 aromatic rings. The summed E-state index contributed by atoms with van der Waals surface area (Å²) in [5.74, 6) is 0.489. The van der Waals surface area contributed by atoms with Crippen LogP contribution in [0.1, 0.15) is 27.4 Å². The molecule has 21 heavy (non-hydrogen) atoms. The van der Waals surface area contributed by atoms with Crippen molar-refractivity contribution in [1.82, 2.24) is 10.3 Å². The molecule has 0 saturated heterocycles. The van der Waals surface area contributed by atoms with Gasteiger partial charge in [0.25, 0.3) is 5.91 Å². The molecule has 1 aromatic heterocycles. The summed E-state index contributed by atoms with van der Waals surface area (Å²) < 4.78 is 5.40. The number of carbonyl (C=O) groups is 1. The molecular weight excluding hydrogens is 264 g/mol. The molecule has 0 bridgehead atoms. The Morgan fingerprint density at radius 1 is 1.19 bits per heavy atom. The molecule has 0 spiro atoms. The molecule has 3 rings (SSSR count). The number of benzene rings is 2. The first kappa shape index (κ1) is 13.4. The minimum Gasteiger partial charge on any atom is -0.441 e. The van der Waals surface area contributed by atoms with E-state index in [0.29, 0.717) is 29.1 Å². The fourth-order valence-electron chi connectivity index (χ4n) is 2.27. The van der Waals surface area contributed by atoms with Crippen LogP contribution in [0.5, 0.6) is 0 Å². The third kappa shape index (κ3) is 2.79. The molecule has 0 aliphatic carbocycles. The van der Waals surface area contributed by atoms with Crippen molar-refractivity contribution in [3.8, 4) is 0 Å². The maximum Gasteiger partial charge on any atom is 0.251 e. The SMILES string of the molecule is Cc1nc2cc(C(=O)NCc3ccccc3C)ccc2o1. The van der Waals surface area contributed by atoms with Crippen molar-refractivity contribution in [2.75, 3.05) is 0 Å². The first-order valence-corrected chi connectivity index (χ1v) is 6.83. The van der Waals surface area contributed by atoms with Gasteiger partial charge in [0, 0.05) is 19.0 Å². The van der Waals surface area contributed by atoms with Crippen molar-refractivity contribution in [2.45, 2.75) is 20.4 Å². The lowest BCUT2D eigenvalue weighted by Crippen LogP contribution is -2.23. The van der Waals surface area contributed by atoms with Crippen molar-refractivity contribution in [1.29, 1.82) is 0 Å². The molecule has 1 amide bonds. The Morgan fingerprint density at radius 2 is 2.00 bits per heavy atom. The fourth-order valence-corrected chi connectivity index (χ4v) is 2.27. The fraction of sp³-hybridized carbons (Fsp3) is 0.176. The second-order valence-electron chi connectivity index (χ2n) is 5.02. The molecule has 4 heteroatoms. The summed E-state index contributed by atoms with van der Waals surface area (Å²) in [6.45, 7) is 4.34. The number of nitrogens with one attached hydrogen (secondary N) is 1. The largest absolute Gasteiger partial charge is 0.441 e. The van der Waals surface area contributed by atoms with E-state index in [1.165, 1.54) is 5.56 Å². The van der Waals surface area contributed by atoms with E-state index in [1.54, 1.807) is 25.1 Å². The second kappa shape index (κ2) is 5.40. The Morgan fingerprint density at radius 3 is 2.81 bits per heavy atom. The van der Waals surface area contributed by atoms with E-state index in [1.807, 2.05) is 31.2 Å². The predicted molar refractivity (Wildman–Crippen MR) is 81.1 cm³/mol. The summed E-state index contributed by atoms with van der Waals surface area (Å²) in [5, 5.41) is 2.93. The van der Waals surface area contributed by atoms with Gasteiger partial charge in [-0.05, 0) is 36.2 Å². The van der Waals surface area contributed by atoms with Crippen molar-refractivity contribution in [3.05, 3.63) is 65.0 Å². The number of aryl methyl sites for hydroxylation is 2. The van der Waals surface area contributed by atoms with E-state index in [9.17, 15) is 4.79 Å². The van der Waals surface area contributed by atoms with Gasteiger partial charge >= 0.3 is 0 Å². The highest BCUT2D eigenvalue weighted by molar-refractivity contribution is 5.97. The van der Waals surface area contributed by atoms with Gasteiger partial charge in [0.15, 0.2) is 11.5 Å². The number of oxazole rings is 1. The van der Waals surface area contributed by atoms with Crippen LogP contribution in [0, 0.1) is 13.8 Å². The van der Waals surface area contributed by atoms with E-state index in [4.69, 9.17) is 4.42 Å². The summed E-state index contributed by atoms with van der Waals surface area (Å²) in [6, 6.07) is 13.3. The topological polar surface area (TPSA) is 55.1 Å². The van der Waals surface area contributed by atoms with Gasteiger partial charge in [-0.15, -0.1) is 0 Å². The zero-order valence-electron chi connectivity index (χ0n) is 12.0. The first-order valence-electron chi connectivity index (χ1n) is 6.83. The highest BCUT2D eigenvalue weighted by Crippen LogP contribution is 2.17. The van der Waals surface area contributed by atoms with E-state index in [2.05, 4.69) is 10.3 Å². The van der Waals surface area contributed by atoms with Crippen LogP contribution >= 0.6 is 0 Å². The molecule has 0 aliphatic rings. The third-order valence-corrected chi connectivity index (χ3v) is 3.46. The van der Waals surface area contributed by atoms with E-state index < -0.39 is 0 Å². The van der Waals surface area contributed by atoms with Gasteiger partial charge in [-0.2, -0.15) is 0 Å². The average molecular weight is 280 g/mol. The highest BCUT2D eigenvalue weighted by atomic mass is 16.3. The minimum atomic E-state index is -0.110. The monoisotopic (exact) mass is 280 g/mol. The van der Waals surface area contributed by atoms with Crippen LogP contribution in [-0.2, 0) is 6.54 Å². The molecule has 0 atom stereocenters. The van der Waals surface area contributed by atoms with Crippen molar-refractivity contribution in [2.24, 2.45) is 0 Å². The second-order valence-corrected chi connectivity index (χ2v) is 5.02. The van der Waals surface area contributed by atoms with Crippen molar-refractivity contribution >= 4 is 17.0 Å². The summed E-state index contributed by atoms with van der Waals surface area (Å²) in [5.41, 5.74) is 4.27. The lowest BCUT2D eigenvalue weighted by molar-refractivity contribution is 0.0951. The quantitative estimate of drug-likeness (QED) is 0.800. The molecule has 0 saturated carbocycles. The van der Waals surface area contributed by atoms with Crippen LogP contribution < -0.4 is 5.32 Å². The van der Waals surface area contributed by atoms with Gasteiger partial charge in [0.05, 0.1) is 0 Å². The number of nitrogens with zero attached hydrogens (tertiary/aromatic N) is 1. The van der Waals surface area contributed by atoms with Gasteiger partial charge < -0.3 is 9.73 Å². The molecule has 2 aromatic carbocycles. The molecule has 0 aliphatic heterocycles. The number of aromatic nitrogens is 1. The van der Waals surface area contributed by atoms with Gasteiger partial charge in [0.2, 0.25) is 0 Å². The summed E-state index contributed by atoms with van der Waals surface area (Å²) >= 11 is 0. The number of fused-ring (bicyclic) bond motifs is 1. The lowest BCUT2D eigenvalue weighted by atomic mass is 10.1. The van der Waals surface area contributed by atoms with Crippen LogP contribution in [0.2, 0.25) is 0 Å². The van der Waals surface area contributed by atoms with E-state index in [-0.39, 0.29) is 5.91 Å². The Balaban J connectivity index is 1.76. The Labute approximate surface area is 122 Å². The van der Waals surface area contributed by atoms with Gasteiger partial charge in [-0.3, -0.25) is 4.79 Å². The van der Waals surface area contributed by atoms with Crippen LogP contribution in [0.3, 0.4) is 0 Å².